The molecular formula is C14H20O5. The first-order valence-corrected chi connectivity index (χ1v) is 6.12. The van der Waals surface area contributed by atoms with Crippen LogP contribution in [0.5, 0.6) is 0 Å². The largest absolute Gasteiger partial charge is 0.465 e. The van der Waals surface area contributed by atoms with Crippen LogP contribution < -0.4 is 0 Å². The predicted molar refractivity (Wildman–Crippen MR) is 69.3 cm³/mol. The van der Waals surface area contributed by atoms with Crippen molar-refractivity contribution in [3.8, 4) is 0 Å². The molecular weight excluding hydrogens is 248 g/mol. The first-order valence-electron chi connectivity index (χ1n) is 6.12. The molecule has 0 unspecified atom stereocenters. The normalized spacial score (nSPS) is 10.3. The van der Waals surface area contributed by atoms with Crippen LogP contribution in [0.15, 0.2) is 18.4 Å². The molecule has 19 heavy (non-hydrogen) atoms. The SMILES string of the molecule is C=C=CCC(CC(C)=O)(C(=O)OCC)C(=O)OCC. The van der Waals surface area contributed by atoms with Crippen molar-refractivity contribution in [2.45, 2.75) is 33.6 Å². The Morgan fingerprint density at radius 1 is 1.16 bits per heavy atom. The second-order valence-corrected chi connectivity index (χ2v) is 4.01. The van der Waals surface area contributed by atoms with E-state index in [1.165, 1.54) is 13.0 Å². The van der Waals surface area contributed by atoms with Crippen LogP contribution in [-0.2, 0) is 23.9 Å². The van der Waals surface area contributed by atoms with Gasteiger partial charge >= 0.3 is 11.9 Å². The summed E-state index contributed by atoms with van der Waals surface area (Å²) < 4.78 is 9.83. The zero-order valence-electron chi connectivity index (χ0n) is 11.7. The number of hydrogen-bond donors (Lipinski definition) is 0. The van der Waals surface area contributed by atoms with Crippen LogP contribution in [0.3, 0.4) is 0 Å². The molecule has 0 aliphatic rings. The van der Waals surface area contributed by atoms with Crippen LogP contribution in [0.4, 0.5) is 0 Å². The summed E-state index contributed by atoms with van der Waals surface area (Å²) in [5, 5.41) is 0. The van der Waals surface area contributed by atoms with E-state index in [2.05, 4.69) is 12.3 Å². The molecule has 0 amide bonds. The zero-order valence-corrected chi connectivity index (χ0v) is 11.7. The van der Waals surface area contributed by atoms with Crippen molar-refractivity contribution in [1.29, 1.82) is 0 Å². The fraction of sp³-hybridized carbons (Fsp3) is 0.571. The van der Waals surface area contributed by atoms with Crippen LogP contribution in [0.1, 0.15) is 33.6 Å². The molecule has 0 aliphatic carbocycles. The average molecular weight is 268 g/mol. The standard InChI is InChI=1S/C14H20O5/c1-5-8-9-14(10-11(4)15,12(16)18-6-2)13(17)19-7-3/h8H,1,6-7,9-10H2,2-4H3. The molecule has 0 aromatic carbocycles. The van der Waals surface area contributed by atoms with Gasteiger partial charge in [-0.25, -0.2) is 0 Å². The number of Topliss-reactive ketones (excluding diaryl/α,β-unsaturated/α-hetero) is 1. The van der Waals surface area contributed by atoms with E-state index in [1.807, 2.05) is 0 Å². The van der Waals surface area contributed by atoms with Gasteiger partial charge in [-0.05, 0) is 26.8 Å². The summed E-state index contributed by atoms with van der Waals surface area (Å²) in [7, 11) is 0. The Labute approximate surface area is 113 Å². The summed E-state index contributed by atoms with van der Waals surface area (Å²) >= 11 is 0. The number of hydrogen-bond acceptors (Lipinski definition) is 5. The van der Waals surface area contributed by atoms with Crippen molar-refractivity contribution in [3.05, 3.63) is 18.4 Å². The Morgan fingerprint density at radius 2 is 1.63 bits per heavy atom. The number of ether oxygens (including phenoxy) is 2. The lowest BCUT2D eigenvalue weighted by molar-refractivity contribution is -0.173. The Hall–Kier alpha value is -1.87. The third-order valence-corrected chi connectivity index (χ3v) is 2.48. The van der Waals surface area contributed by atoms with Gasteiger partial charge in [-0.15, -0.1) is 5.73 Å². The third kappa shape index (κ3) is 4.72. The van der Waals surface area contributed by atoms with Crippen molar-refractivity contribution >= 4 is 17.7 Å². The molecule has 0 fully saturated rings. The van der Waals surface area contributed by atoms with E-state index in [0.29, 0.717) is 0 Å². The summed E-state index contributed by atoms with van der Waals surface area (Å²) in [6.45, 7) is 8.20. The van der Waals surface area contributed by atoms with Gasteiger partial charge in [0.25, 0.3) is 0 Å². The monoisotopic (exact) mass is 268 g/mol. The summed E-state index contributed by atoms with van der Waals surface area (Å²) in [4.78, 5) is 35.5. The molecule has 0 aromatic heterocycles. The first kappa shape index (κ1) is 17.1. The first-order chi connectivity index (χ1) is 8.94. The average Bonchev–Trinajstić information content (AvgIpc) is 2.34. The smallest absolute Gasteiger partial charge is 0.324 e. The molecule has 0 aliphatic heterocycles. The quantitative estimate of drug-likeness (QED) is 0.381. The second-order valence-electron chi connectivity index (χ2n) is 4.01. The Bertz CT molecular complexity index is 367. The van der Waals surface area contributed by atoms with Crippen LogP contribution in [0.2, 0.25) is 0 Å². The van der Waals surface area contributed by atoms with Crippen molar-refractivity contribution in [2.24, 2.45) is 5.41 Å². The summed E-state index contributed by atoms with van der Waals surface area (Å²) in [6.07, 6.45) is 1.15. The molecule has 0 aromatic rings. The Kier molecular flexibility index (Phi) is 7.46. The number of esters is 2. The molecule has 0 saturated carbocycles. The van der Waals surface area contributed by atoms with Crippen LogP contribution in [-0.4, -0.2) is 30.9 Å². The summed E-state index contributed by atoms with van der Waals surface area (Å²) in [5.41, 5.74) is 0.852. The molecule has 5 nitrogen and oxygen atoms in total. The lowest BCUT2D eigenvalue weighted by Gasteiger charge is -2.26. The van der Waals surface area contributed by atoms with Crippen molar-refractivity contribution in [1.82, 2.24) is 0 Å². The van der Waals surface area contributed by atoms with E-state index in [0.717, 1.165) is 0 Å². The molecule has 0 radical (unpaired) electrons. The molecule has 0 heterocycles. The van der Waals surface area contributed by atoms with Crippen LogP contribution in [0.25, 0.3) is 0 Å². The van der Waals surface area contributed by atoms with Gasteiger partial charge in [0.2, 0.25) is 0 Å². The second kappa shape index (κ2) is 8.27. The van der Waals surface area contributed by atoms with E-state index < -0.39 is 17.4 Å². The van der Waals surface area contributed by atoms with Crippen molar-refractivity contribution in [2.75, 3.05) is 13.2 Å². The van der Waals surface area contributed by atoms with Crippen molar-refractivity contribution in [3.63, 3.8) is 0 Å². The van der Waals surface area contributed by atoms with E-state index in [1.54, 1.807) is 13.8 Å². The van der Waals surface area contributed by atoms with E-state index >= 15 is 0 Å². The zero-order chi connectivity index (χ0) is 14.9. The van der Waals surface area contributed by atoms with Gasteiger partial charge in [0, 0.05) is 12.8 Å². The number of rotatable bonds is 8. The minimum atomic E-state index is -1.64. The number of allylic oxidation sites excluding steroid dienone is 1. The van der Waals surface area contributed by atoms with E-state index in [4.69, 9.17) is 9.47 Å². The van der Waals surface area contributed by atoms with Gasteiger partial charge in [-0.3, -0.25) is 14.4 Å². The molecule has 0 bridgehead atoms. The topological polar surface area (TPSA) is 69.7 Å². The van der Waals surface area contributed by atoms with E-state index in [-0.39, 0.29) is 31.8 Å². The third-order valence-electron chi connectivity index (χ3n) is 2.48. The summed E-state index contributed by atoms with van der Waals surface area (Å²) in [6, 6.07) is 0. The molecule has 0 saturated heterocycles. The highest BCUT2D eigenvalue weighted by atomic mass is 16.6. The predicted octanol–water partition coefficient (Wildman–Crippen LogP) is 1.81. The maximum atomic E-state index is 12.1. The van der Waals surface area contributed by atoms with Crippen LogP contribution >= 0.6 is 0 Å². The molecule has 0 spiro atoms. The van der Waals surface area contributed by atoms with E-state index in [9.17, 15) is 14.4 Å². The minimum Gasteiger partial charge on any atom is -0.465 e. The minimum absolute atomic E-state index is 0.0201. The van der Waals surface area contributed by atoms with Gasteiger partial charge in [-0.1, -0.05) is 6.58 Å². The molecule has 0 rings (SSSR count). The number of carbonyl (C=O) groups is 3. The summed E-state index contributed by atoms with van der Waals surface area (Å²) in [5.74, 6) is -1.80. The van der Waals surface area contributed by atoms with Gasteiger partial charge in [-0.2, -0.15) is 0 Å². The Balaban J connectivity index is 5.53. The number of ketones is 1. The van der Waals surface area contributed by atoms with Gasteiger partial charge < -0.3 is 9.47 Å². The van der Waals surface area contributed by atoms with Crippen LogP contribution in [0, 0.1) is 5.41 Å². The van der Waals surface area contributed by atoms with Gasteiger partial charge in [0.1, 0.15) is 5.78 Å². The highest BCUT2D eigenvalue weighted by Gasteiger charge is 2.48. The fourth-order valence-electron chi connectivity index (χ4n) is 1.68. The lowest BCUT2D eigenvalue weighted by Crippen LogP contribution is -2.43. The fourth-order valence-corrected chi connectivity index (χ4v) is 1.68. The number of carbonyl (C=O) groups excluding carboxylic acids is 3. The van der Waals surface area contributed by atoms with Gasteiger partial charge in [0.05, 0.1) is 13.2 Å². The molecule has 5 heteroatoms. The molecule has 0 N–H and O–H groups in total. The maximum absolute atomic E-state index is 12.1. The Morgan fingerprint density at radius 3 is 1.95 bits per heavy atom. The maximum Gasteiger partial charge on any atom is 0.324 e. The molecule has 106 valence electrons. The highest BCUT2D eigenvalue weighted by Crippen LogP contribution is 2.31. The lowest BCUT2D eigenvalue weighted by atomic mass is 9.79. The van der Waals surface area contributed by atoms with Gasteiger partial charge in [0.15, 0.2) is 5.41 Å². The van der Waals surface area contributed by atoms with Crippen molar-refractivity contribution < 1.29 is 23.9 Å². The molecule has 0 atom stereocenters. The highest BCUT2D eigenvalue weighted by molar-refractivity contribution is 6.03.